The maximum absolute atomic E-state index is 13.0. The predicted molar refractivity (Wildman–Crippen MR) is 129 cm³/mol. The van der Waals surface area contributed by atoms with E-state index in [0.29, 0.717) is 5.56 Å². The van der Waals surface area contributed by atoms with Crippen LogP contribution in [0.2, 0.25) is 0 Å². The Labute approximate surface area is 203 Å². The van der Waals surface area contributed by atoms with Crippen LogP contribution >= 0.6 is 12.6 Å². The zero-order valence-corrected chi connectivity index (χ0v) is 20.1. The summed E-state index contributed by atoms with van der Waals surface area (Å²) in [5.41, 5.74) is 11.8. The Hall–Kier alpha value is -3.12. The molecule has 0 saturated carbocycles. The zero-order valence-electron chi connectivity index (χ0n) is 19.2. The van der Waals surface area contributed by atoms with Gasteiger partial charge in [-0.3, -0.25) is 19.2 Å². The number of carboxylic acids is 1. The lowest BCUT2D eigenvalue weighted by atomic mass is 10.0. The highest BCUT2D eigenvalue weighted by Gasteiger charge is 2.30. The predicted octanol–water partition coefficient (Wildman–Crippen LogP) is -1.05. The maximum Gasteiger partial charge on any atom is 0.327 e. The first-order valence-electron chi connectivity index (χ1n) is 10.8. The average Bonchev–Trinajstić information content (AvgIpc) is 2.78. The summed E-state index contributed by atoms with van der Waals surface area (Å²) in [7, 11) is 0. The maximum atomic E-state index is 13.0. The van der Waals surface area contributed by atoms with Crippen molar-refractivity contribution in [2.75, 3.05) is 5.75 Å². The summed E-state index contributed by atoms with van der Waals surface area (Å²) in [5, 5.41) is 16.6. The smallest absolute Gasteiger partial charge is 0.327 e. The number of aliphatic carboxylic acids is 1. The van der Waals surface area contributed by atoms with Crippen LogP contribution in [0.1, 0.15) is 32.3 Å². The quantitative estimate of drug-likeness (QED) is 0.160. The number of carbonyl (C=O) groups is 5. The molecule has 11 nitrogen and oxygen atoms in total. The average molecular weight is 496 g/mol. The number of benzene rings is 1. The molecule has 12 heteroatoms. The van der Waals surface area contributed by atoms with E-state index >= 15 is 0 Å². The van der Waals surface area contributed by atoms with Crippen LogP contribution in [0.5, 0.6) is 0 Å². The Balaban J connectivity index is 3.11. The zero-order chi connectivity index (χ0) is 25.8. The van der Waals surface area contributed by atoms with E-state index in [1.165, 1.54) is 0 Å². The number of rotatable bonds is 14. The van der Waals surface area contributed by atoms with E-state index in [2.05, 4.69) is 28.6 Å². The lowest BCUT2D eigenvalue weighted by Gasteiger charge is -2.25. The van der Waals surface area contributed by atoms with Crippen molar-refractivity contribution in [3.8, 4) is 0 Å². The van der Waals surface area contributed by atoms with Gasteiger partial charge in [-0.05, 0) is 17.9 Å². The van der Waals surface area contributed by atoms with Crippen LogP contribution in [-0.2, 0) is 30.4 Å². The number of thiol groups is 1. The molecule has 1 rings (SSSR count). The van der Waals surface area contributed by atoms with Gasteiger partial charge in [-0.15, -0.1) is 0 Å². The van der Waals surface area contributed by atoms with E-state index in [4.69, 9.17) is 11.5 Å². The Bertz CT molecular complexity index is 867. The minimum absolute atomic E-state index is 0.0549. The van der Waals surface area contributed by atoms with E-state index in [-0.39, 0.29) is 30.9 Å². The monoisotopic (exact) mass is 495 g/mol. The van der Waals surface area contributed by atoms with Crippen molar-refractivity contribution in [1.29, 1.82) is 0 Å². The molecule has 8 N–H and O–H groups in total. The van der Waals surface area contributed by atoms with Crippen molar-refractivity contribution in [2.45, 2.75) is 57.3 Å². The highest BCUT2D eigenvalue weighted by atomic mass is 32.1. The molecule has 1 aromatic carbocycles. The van der Waals surface area contributed by atoms with Gasteiger partial charge < -0.3 is 32.5 Å². The molecule has 0 aliphatic heterocycles. The van der Waals surface area contributed by atoms with E-state index < -0.39 is 53.8 Å². The molecular weight excluding hydrogens is 462 g/mol. The molecule has 0 bridgehead atoms. The second kappa shape index (κ2) is 14.2. The Morgan fingerprint density at radius 1 is 0.912 bits per heavy atom. The molecule has 0 fully saturated rings. The SMILES string of the molecule is CC(C)C(N)C(=O)NC(CCC(N)=O)C(=O)NC(Cc1ccccc1)C(=O)NC(CS)C(=O)O. The molecule has 1 aromatic rings. The van der Waals surface area contributed by atoms with Gasteiger partial charge in [-0.25, -0.2) is 4.79 Å². The molecule has 188 valence electrons. The van der Waals surface area contributed by atoms with Gasteiger partial charge in [0.25, 0.3) is 0 Å². The van der Waals surface area contributed by atoms with Gasteiger partial charge in [0, 0.05) is 18.6 Å². The number of carbonyl (C=O) groups excluding carboxylic acids is 4. The van der Waals surface area contributed by atoms with E-state index in [1.54, 1.807) is 44.2 Å². The normalized spacial score (nSPS) is 14.4. The number of nitrogens with two attached hydrogens (primary N) is 2. The third kappa shape index (κ3) is 9.79. The number of primary amides is 1. The summed E-state index contributed by atoms with van der Waals surface area (Å²) in [6, 6.07) is 4.28. The van der Waals surface area contributed by atoms with Gasteiger partial charge in [0.1, 0.15) is 18.1 Å². The van der Waals surface area contributed by atoms with Crippen molar-refractivity contribution in [3.05, 3.63) is 35.9 Å². The van der Waals surface area contributed by atoms with Crippen LogP contribution in [-0.4, -0.2) is 64.6 Å². The summed E-state index contributed by atoms with van der Waals surface area (Å²) in [6.45, 7) is 3.48. The van der Waals surface area contributed by atoms with Crippen molar-refractivity contribution in [3.63, 3.8) is 0 Å². The number of nitrogens with one attached hydrogen (secondary N) is 3. The molecule has 4 atom stereocenters. The molecule has 0 aliphatic carbocycles. The lowest BCUT2D eigenvalue weighted by molar-refractivity contribution is -0.141. The summed E-state index contributed by atoms with van der Waals surface area (Å²) in [6.07, 6.45) is -0.239. The van der Waals surface area contributed by atoms with Crippen molar-refractivity contribution in [2.24, 2.45) is 17.4 Å². The van der Waals surface area contributed by atoms with Crippen LogP contribution in [0.4, 0.5) is 0 Å². The van der Waals surface area contributed by atoms with Gasteiger partial charge in [0.2, 0.25) is 23.6 Å². The molecule has 0 spiro atoms. The van der Waals surface area contributed by atoms with Crippen molar-refractivity contribution < 1.29 is 29.1 Å². The van der Waals surface area contributed by atoms with Crippen LogP contribution in [0, 0.1) is 5.92 Å². The minimum Gasteiger partial charge on any atom is -0.480 e. The molecule has 4 amide bonds. The Morgan fingerprint density at radius 3 is 1.94 bits per heavy atom. The molecule has 4 unspecified atom stereocenters. The van der Waals surface area contributed by atoms with Crippen molar-refractivity contribution in [1.82, 2.24) is 16.0 Å². The van der Waals surface area contributed by atoms with Crippen LogP contribution in [0.15, 0.2) is 30.3 Å². The topological polar surface area (TPSA) is 194 Å². The fourth-order valence-corrected chi connectivity index (χ4v) is 3.16. The lowest BCUT2D eigenvalue weighted by Crippen LogP contribution is -2.58. The molecule has 0 aliphatic rings. The van der Waals surface area contributed by atoms with E-state index in [1.807, 2.05) is 0 Å². The fourth-order valence-electron chi connectivity index (χ4n) is 2.92. The van der Waals surface area contributed by atoms with Crippen molar-refractivity contribution >= 4 is 42.2 Å². The molecule has 0 heterocycles. The third-order valence-corrected chi connectivity index (χ3v) is 5.41. The van der Waals surface area contributed by atoms with Crippen LogP contribution in [0.3, 0.4) is 0 Å². The number of hydrogen-bond acceptors (Lipinski definition) is 7. The van der Waals surface area contributed by atoms with E-state index in [9.17, 15) is 29.1 Å². The van der Waals surface area contributed by atoms with Gasteiger partial charge in [-0.2, -0.15) is 12.6 Å². The van der Waals surface area contributed by atoms with Gasteiger partial charge >= 0.3 is 5.97 Å². The first-order chi connectivity index (χ1) is 16.0. The largest absolute Gasteiger partial charge is 0.480 e. The summed E-state index contributed by atoms with van der Waals surface area (Å²) in [5.74, 6) is -4.37. The second-order valence-corrected chi connectivity index (χ2v) is 8.53. The summed E-state index contributed by atoms with van der Waals surface area (Å²) < 4.78 is 0. The van der Waals surface area contributed by atoms with Gasteiger partial charge in [-0.1, -0.05) is 44.2 Å². The first-order valence-corrected chi connectivity index (χ1v) is 11.4. The highest BCUT2D eigenvalue weighted by molar-refractivity contribution is 7.80. The number of amides is 4. The molecule has 0 saturated heterocycles. The third-order valence-electron chi connectivity index (χ3n) is 5.05. The van der Waals surface area contributed by atoms with Crippen LogP contribution in [0.25, 0.3) is 0 Å². The number of carboxylic acid groups (broad SMARTS) is 1. The Morgan fingerprint density at radius 2 is 1.44 bits per heavy atom. The first kappa shape index (κ1) is 28.9. The molecular formula is C22H33N5O6S. The highest BCUT2D eigenvalue weighted by Crippen LogP contribution is 2.07. The fraction of sp³-hybridized carbons (Fsp3) is 0.500. The molecule has 0 aromatic heterocycles. The van der Waals surface area contributed by atoms with Gasteiger partial charge in [0.05, 0.1) is 6.04 Å². The van der Waals surface area contributed by atoms with Gasteiger partial charge in [0.15, 0.2) is 0 Å². The second-order valence-electron chi connectivity index (χ2n) is 8.17. The van der Waals surface area contributed by atoms with E-state index in [0.717, 1.165) is 0 Å². The summed E-state index contributed by atoms with van der Waals surface area (Å²) in [4.78, 5) is 60.9. The Kier molecular flexibility index (Phi) is 12.1. The minimum atomic E-state index is -1.28. The standard InChI is InChI=1S/C22H33N5O6S/c1-12(2)18(24)21(31)25-14(8-9-17(23)28)19(29)26-15(10-13-6-4-3-5-7-13)20(30)27-16(11-34)22(32)33/h3-7,12,14-16,18,34H,8-11,24H2,1-2H3,(H2,23,28)(H,25,31)(H,26,29)(H,27,30)(H,32,33). The molecule has 34 heavy (non-hydrogen) atoms. The summed E-state index contributed by atoms with van der Waals surface area (Å²) >= 11 is 3.93. The number of hydrogen-bond donors (Lipinski definition) is 7. The van der Waals surface area contributed by atoms with Crippen LogP contribution < -0.4 is 27.4 Å². The molecule has 0 radical (unpaired) electrons.